The zero-order chi connectivity index (χ0) is 8.59. The molecule has 3 atom stereocenters. The maximum Gasteiger partial charge on any atom is 0.309 e. The first kappa shape index (κ1) is 8.57. The second-order valence-corrected chi connectivity index (χ2v) is 3.79. The number of carbonyl (C=O) groups is 1. The van der Waals surface area contributed by atoms with Crippen molar-refractivity contribution in [1.82, 2.24) is 0 Å². The zero-order valence-corrected chi connectivity index (χ0v) is 7.63. The largest absolute Gasteiger partial charge is 0.462 e. The minimum atomic E-state index is -0.0313. The third kappa shape index (κ3) is 1.39. The summed E-state index contributed by atoms with van der Waals surface area (Å²) >= 11 is 0. The van der Waals surface area contributed by atoms with E-state index in [2.05, 4.69) is 20.8 Å². The summed E-state index contributed by atoms with van der Waals surface area (Å²) in [5.74, 6) is 0.875. The van der Waals surface area contributed by atoms with Crippen LogP contribution >= 0.6 is 0 Å². The molecule has 11 heavy (non-hydrogen) atoms. The van der Waals surface area contributed by atoms with Gasteiger partial charge in [0.05, 0.1) is 5.92 Å². The van der Waals surface area contributed by atoms with Crippen molar-refractivity contribution in [2.75, 3.05) is 0 Å². The van der Waals surface area contributed by atoms with Gasteiger partial charge in [0.2, 0.25) is 0 Å². The maximum atomic E-state index is 11.1. The van der Waals surface area contributed by atoms with Crippen LogP contribution in [0.2, 0.25) is 0 Å². The van der Waals surface area contributed by atoms with Crippen LogP contribution in [0.5, 0.6) is 0 Å². The van der Waals surface area contributed by atoms with Crippen molar-refractivity contribution in [3.05, 3.63) is 0 Å². The van der Waals surface area contributed by atoms with E-state index in [4.69, 9.17) is 4.74 Å². The van der Waals surface area contributed by atoms with E-state index in [0.717, 1.165) is 0 Å². The molecule has 1 fully saturated rings. The summed E-state index contributed by atoms with van der Waals surface area (Å²) in [6.07, 6.45) is 0.137. The lowest BCUT2D eigenvalue weighted by Gasteiger charge is -2.18. The highest BCUT2D eigenvalue weighted by atomic mass is 16.6. The summed E-state index contributed by atoms with van der Waals surface area (Å²) in [4.78, 5) is 11.1. The molecule has 0 saturated carbocycles. The Kier molecular flexibility index (Phi) is 2.21. The quantitative estimate of drug-likeness (QED) is 0.541. The van der Waals surface area contributed by atoms with Gasteiger partial charge >= 0.3 is 5.97 Å². The van der Waals surface area contributed by atoms with Gasteiger partial charge in [-0.1, -0.05) is 27.7 Å². The van der Waals surface area contributed by atoms with Gasteiger partial charge in [0.1, 0.15) is 6.10 Å². The number of hydrogen-bond donors (Lipinski definition) is 0. The van der Waals surface area contributed by atoms with Crippen molar-refractivity contribution >= 4 is 5.97 Å². The van der Waals surface area contributed by atoms with Crippen LogP contribution in [-0.4, -0.2) is 12.1 Å². The normalized spacial score (nSPS) is 37.9. The van der Waals surface area contributed by atoms with Gasteiger partial charge in [0.25, 0.3) is 0 Å². The fourth-order valence-corrected chi connectivity index (χ4v) is 1.59. The fourth-order valence-electron chi connectivity index (χ4n) is 1.59. The van der Waals surface area contributed by atoms with E-state index in [-0.39, 0.29) is 18.0 Å². The van der Waals surface area contributed by atoms with E-state index in [0.29, 0.717) is 11.8 Å². The van der Waals surface area contributed by atoms with Crippen LogP contribution in [-0.2, 0) is 9.53 Å². The van der Waals surface area contributed by atoms with Crippen LogP contribution in [0.1, 0.15) is 27.7 Å². The monoisotopic (exact) mass is 156 g/mol. The summed E-state index contributed by atoms with van der Waals surface area (Å²) in [5, 5.41) is 0. The van der Waals surface area contributed by atoms with Crippen molar-refractivity contribution < 1.29 is 9.53 Å². The van der Waals surface area contributed by atoms with E-state index in [1.165, 1.54) is 0 Å². The Hall–Kier alpha value is -0.530. The van der Waals surface area contributed by atoms with Crippen LogP contribution in [0.15, 0.2) is 0 Å². The minimum Gasteiger partial charge on any atom is -0.462 e. The van der Waals surface area contributed by atoms with Gasteiger partial charge in [0.15, 0.2) is 0 Å². The third-order valence-electron chi connectivity index (χ3n) is 2.59. The van der Waals surface area contributed by atoms with Crippen LogP contribution in [0, 0.1) is 17.8 Å². The molecule has 0 radical (unpaired) electrons. The van der Waals surface area contributed by atoms with E-state index in [1.54, 1.807) is 0 Å². The third-order valence-corrected chi connectivity index (χ3v) is 2.59. The molecular weight excluding hydrogens is 140 g/mol. The molecule has 1 saturated heterocycles. The van der Waals surface area contributed by atoms with E-state index in [1.807, 2.05) is 6.92 Å². The number of carbonyl (C=O) groups excluding carboxylic acids is 1. The van der Waals surface area contributed by atoms with E-state index < -0.39 is 0 Å². The first-order valence-electron chi connectivity index (χ1n) is 4.24. The molecule has 1 heterocycles. The van der Waals surface area contributed by atoms with Crippen molar-refractivity contribution in [2.24, 2.45) is 17.8 Å². The molecule has 64 valence electrons. The maximum absolute atomic E-state index is 11.1. The molecule has 0 amide bonds. The van der Waals surface area contributed by atoms with Crippen molar-refractivity contribution in [3.8, 4) is 0 Å². The summed E-state index contributed by atoms with van der Waals surface area (Å²) in [6, 6.07) is 0. The highest BCUT2D eigenvalue weighted by Crippen LogP contribution is 2.31. The first-order valence-corrected chi connectivity index (χ1v) is 4.24. The number of hydrogen-bond acceptors (Lipinski definition) is 2. The molecule has 0 bridgehead atoms. The molecule has 0 aromatic rings. The van der Waals surface area contributed by atoms with Gasteiger partial charge < -0.3 is 4.74 Å². The molecule has 1 aliphatic rings. The van der Waals surface area contributed by atoms with Crippen molar-refractivity contribution in [2.45, 2.75) is 33.8 Å². The summed E-state index contributed by atoms with van der Waals surface area (Å²) in [7, 11) is 0. The van der Waals surface area contributed by atoms with E-state index in [9.17, 15) is 4.79 Å². The number of rotatable bonds is 1. The van der Waals surface area contributed by atoms with Crippen LogP contribution in [0.4, 0.5) is 0 Å². The van der Waals surface area contributed by atoms with Crippen LogP contribution in [0.3, 0.4) is 0 Å². The predicted octanol–water partition coefficient (Wildman–Crippen LogP) is 1.84. The van der Waals surface area contributed by atoms with Crippen molar-refractivity contribution in [1.29, 1.82) is 0 Å². The Morgan fingerprint density at radius 2 is 1.91 bits per heavy atom. The summed E-state index contributed by atoms with van der Waals surface area (Å²) in [6.45, 7) is 8.20. The number of esters is 1. The molecule has 0 aromatic heterocycles. The average molecular weight is 156 g/mol. The predicted molar refractivity (Wildman–Crippen MR) is 43.0 cm³/mol. The molecule has 0 unspecified atom stereocenters. The topological polar surface area (TPSA) is 26.3 Å². The van der Waals surface area contributed by atoms with Crippen LogP contribution < -0.4 is 0 Å². The van der Waals surface area contributed by atoms with Crippen molar-refractivity contribution in [3.63, 3.8) is 0 Å². The molecule has 1 aliphatic heterocycles. The van der Waals surface area contributed by atoms with Crippen LogP contribution in [0.25, 0.3) is 0 Å². The average Bonchev–Trinajstić information content (AvgIpc) is 2.17. The molecule has 2 heteroatoms. The number of cyclic esters (lactones) is 1. The Bertz CT molecular complexity index is 163. The van der Waals surface area contributed by atoms with Gasteiger partial charge in [0, 0.05) is 5.92 Å². The Morgan fingerprint density at radius 1 is 1.36 bits per heavy atom. The molecule has 2 nitrogen and oxygen atoms in total. The second kappa shape index (κ2) is 2.84. The standard InChI is InChI=1S/C9H16O2/c1-5(2)8-6(3)7(4)9(10)11-8/h5-8H,1-4H3/t6-,7-,8-/m0/s1. The first-order chi connectivity index (χ1) is 5.04. The van der Waals surface area contributed by atoms with Gasteiger partial charge in [-0.05, 0) is 5.92 Å². The molecule has 0 aliphatic carbocycles. The lowest BCUT2D eigenvalue weighted by molar-refractivity contribution is -0.145. The summed E-state index contributed by atoms with van der Waals surface area (Å²) < 4.78 is 5.21. The molecule has 0 aromatic carbocycles. The molecule has 1 rings (SSSR count). The highest BCUT2D eigenvalue weighted by molar-refractivity contribution is 5.74. The van der Waals surface area contributed by atoms with Gasteiger partial charge in [-0.25, -0.2) is 0 Å². The zero-order valence-electron chi connectivity index (χ0n) is 7.63. The Balaban J connectivity index is 2.67. The lowest BCUT2D eigenvalue weighted by atomic mass is 9.88. The van der Waals surface area contributed by atoms with Gasteiger partial charge in [-0.3, -0.25) is 4.79 Å². The molecule has 0 N–H and O–H groups in total. The second-order valence-electron chi connectivity index (χ2n) is 3.79. The Labute approximate surface area is 67.9 Å². The molecular formula is C9H16O2. The minimum absolute atomic E-state index is 0.0313. The van der Waals surface area contributed by atoms with E-state index >= 15 is 0 Å². The lowest BCUT2D eigenvalue weighted by Crippen LogP contribution is -2.21. The summed E-state index contributed by atoms with van der Waals surface area (Å²) in [5.41, 5.74) is 0. The smallest absolute Gasteiger partial charge is 0.309 e. The fraction of sp³-hybridized carbons (Fsp3) is 0.889. The number of ether oxygens (including phenoxy) is 1. The van der Waals surface area contributed by atoms with Gasteiger partial charge in [-0.15, -0.1) is 0 Å². The molecule has 0 spiro atoms. The SMILES string of the molecule is CC(C)[C@@H]1OC(=O)[C@@H](C)[C@@H]1C. The Morgan fingerprint density at radius 3 is 2.09 bits per heavy atom. The van der Waals surface area contributed by atoms with Gasteiger partial charge in [-0.2, -0.15) is 0 Å². The highest BCUT2D eigenvalue weighted by Gasteiger charge is 2.39.